The van der Waals surface area contributed by atoms with Crippen molar-refractivity contribution in [2.75, 3.05) is 31.1 Å². The molecule has 2 nitrogen and oxygen atoms in total. The maximum Gasteiger partial charge on any atom is 0.125 e. The molecule has 0 bridgehead atoms. The third-order valence-electron chi connectivity index (χ3n) is 3.34. The number of nitrogens with zero attached hydrogens (tertiary/aromatic N) is 1. The van der Waals surface area contributed by atoms with Crippen molar-refractivity contribution in [1.82, 2.24) is 5.32 Å². The fourth-order valence-electron chi connectivity index (χ4n) is 2.23. The van der Waals surface area contributed by atoms with Gasteiger partial charge in [0.15, 0.2) is 0 Å². The molecule has 0 unspecified atom stereocenters. The van der Waals surface area contributed by atoms with Gasteiger partial charge in [-0.2, -0.15) is 0 Å². The fourth-order valence-corrected chi connectivity index (χ4v) is 2.23. The number of nitrogens with one attached hydrogen (secondary N) is 1. The van der Waals surface area contributed by atoms with Gasteiger partial charge in [-0.3, -0.25) is 0 Å². The van der Waals surface area contributed by atoms with E-state index in [0.29, 0.717) is 0 Å². The Kier molecular flexibility index (Phi) is 8.23. The lowest BCUT2D eigenvalue weighted by atomic mass is 10.1. The number of hydrogen-bond acceptors (Lipinski definition) is 2. The van der Waals surface area contributed by atoms with Gasteiger partial charge < -0.3 is 10.2 Å². The van der Waals surface area contributed by atoms with Gasteiger partial charge in [-0.25, -0.2) is 4.39 Å². The molecule has 3 heteroatoms. The first-order valence-corrected chi connectivity index (χ1v) is 7.49. The van der Waals surface area contributed by atoms with Crippen LogP contribution in [0.15, 0.2) is 24.3 Å². The van der Waals surface area contributed by atoms with Gasteiger partial charge in [-0.15, -0.1) is 0 Å². The second-order valence-electron chi connectivity index (χ2n) is 4.83. The van der Waals surface area contributed by atoms with E-state index in [9.17, 15) is 4.39 Å². The Labute approximate surface area is 117 Å². The van der Waals surface area contributed by atoms with Crippen molar-refractivity contribution in [2.24, 2.45) is 0 Å². The molecular formula is C16H27FN2. The smallest absolute Gasteiger partial charge is 0.125 e. The summed E-state index contributed by atoms with van der Waals surface area (Å²) >= 11 is 0. The molecule has 0 aliphatic heterocycles. The summed E-state index contributed by atoms with van der Waals surface area (Å²) in [4.78, 5) is 2.24. The third kappa shape index (κ3) is 6.58. The van der Waals surface area contributed by atoms with Gasteiger partial charge in [0.1, 0.15) is 5.82 Å². The molecule has 1 rings (SSSR count). The number of hydrogen-bond donors (Lipinski definition) is 1. The third-order valence-corrected chi connectivity index (χ3v) is 3.34. The number of unbranched alkanes of at least 4 members (excludes halogenated alkanes) is 3. The first-order valence-electron chi connectivity index (χ1n) is 7.49. The van der Waals surface area contributed by atoms with Crippen LogP contribution in [0.3, 0.4) is 0 Å². The van der Waals surface area contributed by atoms with Crippen LogP contribution in [0.1, 0.15) is 39.5 Å². The van der Waals surface area contributed by atoms with Crippen LogP contribution < -0.4 is 10.2 Å². The minimum absolute atomic E-state index is 0.151. The molecule has 0 saturated carbocycles. The maximum atomic E-state index is 13.2. The summed E-state index contributed by atoms with van der Waals surface area (Å²) in [6.07, 6.45) is 4.95. The molecule has 0 atom stereocenters. The zero-order chi connectivity index (χ0) is 13.9. The normalized spacial score (nSPS) is 10.7. The highest BCUT2D eigenvalue weighted by atomic mass is 19.1. The molecule has 1 aromatic rings. The zero-order valence-corrected chi connectivity index (χ0v) is 12.3. The lowest BCUT2D eigenvalue weighted by Crippen LogP contribution is -2.24. The lowest BCUT2D eigenvalue weighted by Gasteiger charge is -2.23. The van der Waals surface area contributed by atoms with Crippen molar-refractivity contribution in [3.63, 3.8) is 0 Å². The number of anilines is 1. The van der Waals surface area contributed by atoms with E-state index in [-0.39, 0.29) is 5.82 Å². The second kappa shape index (κ2) is 9.79. The number of rotatable bonds is 10. The Morgan fingerprint density at radius 1 is 1.11 bits per heavy atom. The molecule has 0 fully saturated rings. The number of benzene rings is 1. The molecule has 0 heterocycles. The van der Waals surface area contributed by atoms with Gasteiger partial charge in [0.25, 0.3) is 0 Å². The lowest BCUT2D eigenvalue weighted by molar-refractivity contribution is 0.592. The standard InChI is InChI=1S/C16H27FN2/c1-3-18-12-7-5-6-8-13-19(4-2)16-11-9-10-15(17)14-16/h9-11,14,18H,3-8,12-13H2,1-2H3. The van der Waals surface area contributed by atoms with E-state index in [0.717, 1.165) is 31.9 Å². The molecule has 0 aliphatic carbocycles. The number of halogens is 1. The molecule has 0 aliphatic rings. The summed E-state index contributed by atoms with van der Waals surface area (Å²) in [6, 6.07) is 6.88. The largest absolute Gasteiger partial charge is 0.372 e. The topological polar surface area (TPSA) is 15.3 Å². The van der Waals surface area contributed by atoms with Crippen molar-refractivity contribution in [1.29, 1.82) is 0 Å². The van der Waals surface area contributed by atoms with Gasteiger partial charge in [0.2, 0.25) is 0 Å². The van der Waals surface area contributed by atoms with Gasteiger partial charge in [0, 0.05) is 18.8 Å². The summed E-state index contributed by atoms with van der Waals surface area (Å²) in [5.74, 6) is -0.151. The Morgan fingerprint density at radius 2 is 1.89 bits per heavy atom. The highest BCUT2D eigenvalue weighted by Crippen LogP contribution is 2.16. The van der Waals surface area contributed by atoms with Crippen LogP contribution in [-0.2, 0) is 0 Å². The summed E-state index contributed by atoms with van der Waals surface area (Å²) in [7, 11) is 0. The molecule has 0 amide bonds. The van der Waals surface area contributed by atoms with Crippen LogP contribution in [0.2, 0.25) is 0 Å². The van der Waals surface area contributed by atoms with Gasteiger partial charge in [-0.05, 0) is 51.1 Å². The van der Waals surface area contributed by atoms with Crippen molar-refractivity contribution in [2.45, 2.75) is 39.5 Å². The van der Waals surface area contributed by atoms with Crippen LogP contribution in [-0.4, -0.2) is 26.2 Å². The maximum absolute atomic E-state index is 13.2. The van der Waals surface area contributed by atoms with Gasteiger partial charge in [-0.1, -0.05) is 25.8 Å². The molecule has 0 spiro atoms. The van der Waals surface area contributed by atoms with Crippen LogP contribution in [0, 0.1) is 5.82 Å². The van der Waals surface area contributed by atoms with E-state index in [1.807, 2.05) is 6.07 Å². The van der Waals surface area contributed by atoms with Crippen LogP contribution in [0.4, 0.5) is 10.1 Å². The van der Waals surface area contributed by atoms with E-state index in [2.05, 4.69) is 24.1 Å². The van der Waals surface area contributed by atoms with Crippen molar-refractivity contribution in [3.05, 3.63) is 30.1 Å². The van der Waals surface area contributed by atoms with Crippen LogP contribution in [0.25, 0.3) is 0 Å². The van der Waals surface area contributed by atoms with Gasteiger partial charge >= 0.3 is 0 Å². The van der Waals surface area contributed by atoms with Crippen molar-refractivity contribution in [3.8, 4) is 0 Å². The second-order valence-corrected chi connectivity index (χ2v) is 4.83. The Balaban J connectivity index is 2.22. The molecule has 19 heavy (non-hydrogen) atoms. The van der Waals surface area contributed by atoms with E-state index in [1.54, 1.807) is 12.1 Å². The first-order chi connectivity index (χ1) is 9.27. The Hall–Kier alpha value is -1.09. The Morgan fingerprint density at radius 3 is 2.58 bits per heavy atom. The van der Waals surface area contributed by atoms with Crippen molar-refractivity contribution < 1.29 is 4.39 Å². The minimum Gasteiger partial charge on any atom is -0.372 e. The summed E-state index contributed by atoms with van der Waals surface area (Å²) in [5.41, 5.74) is 0.996. The quantitative estimate of drug-likeness (QED) is 0.648. The average molecular weight is 266 g/mol. The van der Waals surface area contributed by atoms with E-state index < -0.39 is 0 Å². The van der Waals surface area contributed by atoms with Crippen LogP contribution >= 0.6 is 0 Å². The molecule has 0 saturated heterocycles. The minimum atomic E-state index is -0.151. The summed E-state index contributed by atoms with van der Waals surface area (Å²) < 4.78 is 13.2. The monoisotopic (exact) mass is 266 g/mol. The predicted molar refractivity (Wildman–Crippen MR) is 81.3 cm³/mol. The average Bonchev–Trinajstić information content (AvgIpc) is 2.42. The van der Waals surface area contributed by atoms with Gasteiger partial charge in [0.05, 0.1) is 0 Å². The molecule has 108 valence electrons. The SMILES string of the molecule is CCNCCCCCCN(CC)c1cccc(F)c1. The van der Waals surface area contributed by atoms with Crippen molar-refractivity contribution >= 4 is 5.69 Å². The summed E-state index contributed by atoms with van der Waals surface area (Å²) in [5, 5.41) is 3.34. The molecule has 1 N–H and O–H groups in total. The zero-order valence-electron chi connectivity index (χ0n) is 12.3. The van der Waals surface area contributed by atoms with E-state index >= 15 is 0 Å². The molecular weight excluding hydrogens is 239 g/mol. The predicted octanol–water partition coefficient (Wildman–Crippen LogP) is 3.82. The first kappa shape index (κ1) is 16.0. The van der Waals surface area contributed by atoms with E-state index in [4.69, 9.17) is 0 Å². The molecule has 0 aromatic heterocycles. The Bertz CT molecular complexity index is 341. The summed E-state index contributed by atoms with van der Waals surface area (Å²) in [6.45, 7) is 8.39. The van der Waals surface area contributed by atoms with Crippen LogP contribution in [0.5, 0.6) is 0 Å². The highest BCUT2D eigenvalue weighted by molar-refractivity contribution is 5.46. The fraction of sp³-hybridized carbons (Fsp3) is 0.625. The molecule has 1 aromatic carbocycles. The highest BCUT2D eigenvalue weighted by Gasteiger charge is 2.04. The van der Waals surface area contributed by atoms with E-state index in [1.165, 1.54) is 31.7 Å². The molecule has 0 radical (unpaired) electrons.